The number of unbranched alkanes of at least 4 members (excludes halogenated alkanes) is 1. The van der Waals surface area contributed by atoms with Crippen LogP contribution in [0.25, 0.3) is 0 Å². The Hall–Kier alpha value is -0.600. The molecule has 0 saturated carbocycles. The average Bonchev–Trinajstić information content (AvgIpc) is 3.06. The van der Waals surface area contributed by atoms with Gasteiger partial charge in [-0.25, -0.2) is 0 Å². The minimum atomic E-state index is -3.43. The molecule has 1 aliphatic heterocycles. The van der Waals surface area contributed by atoms with E-state index in [0.29, 0.717) is 44.7 Å². The van der Waals surface area contributed by atoms with Gasteiger partial charge in [0.1, 0.15) is 6.04 Å². The predicted octanol–water partition coefficient (Wildman–Crippen LogP) is 1.48. The lowest BCUT2D eigenvalue weighted by atomic mass is 10.2. The van der Waals surface area contributed by atoms with Gasteiger partial charge in [-0.15, -0.1) is 0 Å². The first kappa shape index (κ1) is 23.4. The molecule has 1 fully saturated rings. The van der Waals surface area contributed by atoms with Crippen molar-refractivity contribution in [1.82, 2.24) is 10.2 Å². The highest BCUT2D eigenvalue weighted by Gasteiger charge is 2.33. The van der Waals surface area contributed by atoms with Gasteiger partial charge in [-0.2, -0.15) is 11.8 Å². The predicted molar refractivity (Wildman–Crippen MR) is 102 cm³/mol. The van der Waals surface area contributed by atoms with Crippen molar-refractivity contribution >= 4 is 31.2 Å². The number of carbonyl (C=O) groups is 2. The van der Waals surface area contributed by atoms with Crippen LogP contribution in [0.15, 0.2) is 0 Å². The van der Waals surface area contributed by atoms with Gasteiger partial charge in [0.15, 0.2) is 0 Å². The van der Waals surface area contributed by atoms with E-state index >= 15 is 0 Å². The van der Waals surface area contributed by atoms with Gasteiger partial charge in [0.25, 0.3) is 0 Å². The van der Waals surface area contributed by atoms with E-state index in [0.717, 1.165) is 25.3 Å². The Morgan fingerprint density at radius 3 is 2.77 bits per heavy atom. The Balaban J connectivity index is 2.23. The summed E-state index contributed by atoms with van der Waals surface area (Å²) in [7, 11) is -1.77. The van der Waals surface area contributed by atoms with E-state index in [2.05, 4.69) is 5.32 Å². The molecule has 2 amide bonds. The summed E-state index contributed by atoms with van der Waals surface area (Å²) in [4.78, 5) is 35.3. The van der Waals surface area contributed by atoms with Gasteiger partial charge in [-0.1, -0.05) is 0 Å². The van der Waals surface area contributed by atoms with E-state index in [4.69, 9.17) is 14.2 Å². The zero-order valence-corrected chi connectivity index (χ0v) is 17.4. The van der Waals surface area contributed by atoms with Gasteiger partial charge >= 0.3 is 7.60 Å². The second-order valence-electron chi connectivity index (χ2n) is 6.28. The van der Waals surface area contributed by atoms with Crippen molar-refractivity contribution in [3.05, 3.63) is 0 Å². The Labute approximate surface area is 159 Å². The molecule has 0 aromatic heterocycles. The number of likely N-dealkylation sites (tertiary alicyclic amines) is 1. The van der Waals surface area contributed by atoms with Crippen LogP contribution < -0.4 is 5.32 Å². The molecule has 26 heavy (non-hydrogen) atoms. The number of nitrogens with zero attached hydrogens (tertiary/aromatic N) is 1. The van der Waals surface area contributed by atoms with Gasteiger partial charge in [0.05, 0.1) is 12.4 Å². The number of carbonyl (C=O) groups excluding carboxylic acids is 2. The van der Waals surface area contributed by atoms with Crippen LogP contribution in [0.4, 0.5) is 0 Å². The van der Waals surface area contributed by atoms with Crippen LogP contribution >= 0.6 is 19.4 Å². The molecule has 2 N–H and O–H groups in total. The summed E-state index contributed by atoms with van der Waals surface area (Å²) in [6.07, 6.45) is 3.69. The summed E-state index contributed by atoms with van der Waals surface area (Å²) in [5.74, 6) is 1.15. The highest BCUT2D eigenvalue weighted by molar-refractivity contribution is 7.99. The maximum atomic E-state index is 12.3. The molecule has 2 unspecified atom stereocenters. The molecule has 0 aromatic rings. The molecule has 1 heterocycles. The number of hydrogen-bond donors (Lipinski definition) is 2. The number of methoxy groups -OCH3 is 1. The van der Waals surface area contributed by atoms with Crippen LogP contribution in [-0.2, 0) is 23.4 Å². The van der Waals surface area contributed by atoms with Crippen molar-refractivity contribution in [3.63, 3.8) is 0 Å². The highest BCUT2D eigenvalue weighted by Crippen LogP contribution is 2.36. The SMILES string of the molecule is COCCCSCC(=O)N1CCCC1C(=O)NCCCCOP(C)(=O)O. The molecule has 0 aromatic carbocycles. The molecule has 1 saturated heterocycles. The number of nitrogens with one attached hydrogen (secondary N) is 1. The van der Waals surface area contributed by atoms with Crippen molar-refractivity contribution in [2.24, 2.45) is 0 Å². The van der Waals surface area contributed by atoms with Crippen LogP contribution in [0.1, 0.15) is 32.1 Å². The summed E-state index contributed by atoms with van der Waals surface area (Å²) in [6.45, 7) is 3.12. The first-order valence-corrected chi connectivity index (χ1v) is 12.1. The van der Waals surface area contributed by atoms with Crippen LogP contribution in [0.2, 0.25) is 0 Å². The second kappa shape index (κ2) is 12.7. The van der Waals surface area contributed by atoms with Gasteiger partial charge in [0.2, 0.25) is 11.8 Å². The minimum Gasteiger partial charge on any atom is -0.385 e. The zero-order chi connectivity index (χ0) is 19.4. The standard InChI is InChI=1S/C16H31N2O6PS/c1-23-10-6-12-26-13-15(19)18-9-5-7-14(18)16(20)17-8-3-4-11-24-25(2,21)22/h14H,3-13H2,1-2H3,(H,17,20)(H,21,22). The summed E-state index contributed by atoms with van der Waals surface area (Å²) in [5, 5.41) is 2.85. The van der Waals surface area contributed by atoms with Crippen molar-refractivity contribution in [3.8, 4) is 0 Å². The summed E-state index contributed by atoms with van der Waals surface area (Å²) in [5.41, 5.74) is 0. The molecule has 10 heteroatoms. The monoisotopic (exact) mass is 410 g/mol. The maximum Gasteiger partial charge on any atom is 0.325 e. The van der Waals surface area contributed by atoms with Crippen LogP contribution in [0.3, 0.4) is 0 Å². The van der Waals surface area contributed by atoms with Crippen LogP contribution in [0.5, 0.6) is 0 Å². The van der Waals surface area contributed by atoms with E-state index in [1.54, 1.807) is 23.8 Å². The molecule has 152 valence electrons. The second-order valence-corrected chi connectivity index (χ2v) is 9.25. The third kappa shape index (κ3) is 9.92. The number of amides is 2. The third-order valence-electron chi connectivity index (χ3n) is 3.94. The summed E-state index contributed by atoms with van der Waals surface area (Å²) in [6, 6.07) is -0.383. The fourth-order valence-electron chi connectivity index (χ4n) is 2.68. The molecular formula is C16H31N2O6PS. The number of rotatable bonds is 13. The maximum absolute atomic E-state index is 12.3. The molecule has 2 atom stereocenters. The molecule has 0 aliphatic carbocycles. The molecule has 0 spiro atoms. The van der Waals surface area contributed by atoms with Gasteiger partial charge in [-0.05, 0) is 37.9 Å². The normalized spacial score (nSPS) is 19.3. The molecule has 8 nitrogen and oxygen atoms in total. The first-order valence-electron chi connectivity index (χ1n) is 8.94. The van der Waals surface area contributed by atoms with Crippen molar-refractivity contribution in [2.45, 2.75) is 38.1 Å². The van der Waals surface area contributed by atoms with Crippen LogP contribution in [0, 0.1) is 0 Å². The van der Waals surface area contributed by atoms with E-state index in [1.807, 2.05) is 0 Å². The Morgan fingerprint density at radius 1 is 1.31 bits per heavy atom. The Morgan fingerprint density at radius 2 is 2.08 bits per heavy atom. The molecule has 1 aliphatic rings. The number of thioether (sulfide) groups is 1. The third-order valence-corrected chi connectivity index (χ3v) is 5.63. The topological polar surface area (TPSA) is 105 Å². The quantitative estimate of drug-likeness (QED) is 0.350. The minimum absolute atomic E-state index is 0.0140. The van der Waals surface area contributed by atoms with Gasteiger partial charge in [0, 0.05) is 33.5 Å². The summed E-state index contributed by atoms with van der Waals surface area (Å²) < 4.78 is 20.7. The lowest BCUT2D eigenvalue weighted by Gasteiger charge is -2.24. The van der Waals surface area contributed by atoms with Gasteiger partial charge in [-0.3, -0.25) is 14.2 Å². The van der Waals surface area contributed by atoms with Gasteiger partial charge < -0.3 is 24.4 Å². The largest absolute Gasteiger partial charge is 0.385 e. The average molecular weight is 410 g/mol. The first-order chi connectivity index (χ1) is 12.3. The molecule has 0 bridgehead atoms. The number of ether oxygens (including phenoxy) is 1. The van der Waals surface area contributed by atoms with E-state index < -0.39 is 7.60 Å². The lowest BCUT2D eigenvalue weighted by molar-refractivity contribution is -0.136. The van der Waals surface area contributed by atoms with E-state index in [9.17, 15) is 14.2 Å². The Bertz CT molecular complexity index is 487. The van der Waals surface area contributed by atoms with Crippen molar-refractivity contribution < 1.29 is 28.3 Å². The Kier molecular flexibility index (Phi) is 11.5. The molecular weight excluding hydrogens is 379 g/mol. The van der Waals surface area contributed by atoms with Crippen molar-refractivity contribution in [2.75, 3.05) is 51.6 Å². The fraction of sp³-hybridized carbons (Fsp3) is 0.875. The van der Waals surface area contributed by atoms with E-state index in [-0.39, 0.29) is 24.5 Å². The number of hydrogen-bond acceptors (Lipinski definition) is 6. The lowest BCUT2D eigenvalue weighted by Crippen LogP contribution is -2.46. The molecule has 0 radical (unpaired) electrons. The highest BCUT2D eigenvalue weighted by atomic mass is 32.2. The van der Waals surface area contributed by atoms with E-state index in [1.165, 1.54) is 0 Å². The van der Waals surface area contributed by atoms with Crippen molar-refractivity contribution in [1.29, 1.82) is 0 Å². The van der Waals surface area contributed by atoms with Crippen LogP contribution in [-0.4, -0.2) is 79.2 Å². The smallest absolute Gasteiger partial charge is 0.325 e. The fourth-order valence-corrected chi connectivity index (χ4v) is 3.95. The zero-order valence-electron chi connectivity index (χ0n) is 15.6. The summed E-state index contributed by atoms with van der Waals surface area (Å²) >= 11 is 1.57. The molecule has 1 rings (SSSR count).